The minimum absolute atomic E-state index is 0.0693. The van der Waals surface area contributed by atoms with E-state index in [1.807, 2.05) is 13.1 Å². The van der Waals surface area contributed by atoms with Crippen molar-refractivity contribution in [2.75, 3.05) is 24.2 Å². The minimum Gasteiger partial charge on any atom is -0.398 e. The van der Waals surface area contributed by atoms with Gasteiger partial charge in [-0.1, -0.05) is 6.42 Å². The van der Waals surface area contributed by atoms with E-state index in [-0.39, 0.29) is 10.6 Å². The maximum atomic E-state index is 10.9. The van der Waals surface area contributed by atoms with Gasteiger partial charge in [-0.25, -0.2) is 0 Å². The van der Waals surface area contributed by atoms with Crippen molar-refractivity contribution in [3.63, 3.8) is 0 Å². The van der Waals surface area contributed by atoms with Crippen molar-refractivity contribution in [1.82, 2.24) is 0 Å². The Morgan fingerprint density at radius 2 is 2.15 bits per heavy atom. The Balaban J connectivity index is 1.73. The molecule has 2 aliphatic rings. The number of nitrogen functional groups attached to an aromatic ring is 1. The van der Waals surface area contributed by atoms with Crippen LogP contribution in [0.25, 0.3) is 0 Å². The first-order chi connectivity index (χ1) is 9.52. The smallest absolute Gasteiger partial charge is 0.273 e. The summed E-state index contributed by atoms with van der Waals surface area (Å²) in [6.07, 6.45) is 5.46. The van der Waals surface area contributed by atoms with Crippen LogP contribution in [-0.2, 0) is 0 Å². The first-order valence-corrected chi connectivity index (χ1v) is 7.29. The van der Waals surface area contributed by atoms with Crippen molar-refractivity contribution in [3.05, 3.63) is 28.3 Å². The second-order valence-electron chi connectivity index (χ2n) is 6.36. The molecular formula is C15H21N3O2. The van der Waals surface area contributed by atoms with E-state index in [1.54, 1.807) is 6.07 Å². The van der Waals surface area contributed by atoms with E-state index in [9.17, 15) is 10.1 Å². The molecule has 3 unspecified atom stereocenters. The van der Waals surface area contributed by atoms with Crippen LogP contribution in [0.3, 0.4) is 0 Å². The van der Waals surface area contributed by atoms with Gasteiger partial charge in [0.2, 0.25) is 0 Å². The number of nitro groups is 1. The zero-order valence-corrected chi connectivity index (χ0v) is 11.8. The molecule has 20 heavy (non-hydrogen) atoms. The van der Waals surface area contributed by atoms with Crippen LogP contribution in [0, 0.1) is 27.9 Å². The number of benzene rings is 1. The molecule has 0 aliphatic heterocycles. The molecule has 3 rings (SSSR count). The molecule has 0 aromatic heterocycles. The Kier molecular flexibility index (Phi) is 3.28. The minimum atomic E-state index is -0.384. The van der Waals surface area contributed by atoms with Crippen molar-refractivity contribution < 1.29 is 4.92 Å². The van der Waals surface area contributed by atoms with Gasteiger partial charge in [0.15, 0.2) is 0 Å². The Morgan fingerprint density at radius 3 is 2.75 bits per heavy atom. The second kappa shape index (κ2) is 4.96. The summed E-state index contributed by atoms with van der Waals surface area (Å²) >= 11 is 0. The third kappa shape index (κ3) is 2.44. The molecule has 108 valence electrons. The van der Waals surface area contributed by atoms with E-state index in [1.165, 1.54) is 31.7 Å². The third-order valence-electron chi connectivity index (χ3n) is 4.97. The highest BCUT2D eigenvalue weighted by atomic mass is 16.6. The lowest BCUT2D eigenvalue weighted by atomic mass is 9.88. The number of rotatable bonds is 4. The fourth-order valence-electron chi connectivity index (χ4n) is 4.00. The molecule has 2 fully saturated rings. The van der Waals surface area contributed by atoms with Crippen LogP contribution in [0.1, 0.15) is 25.7 Å². The van der Waals surface area contributed by atoms with Gasteiger partial charge in [-0.05, 0) is 43.1 Å². The van der Waals surface area contributed by atoms with Gasteiger partial charge in [0.05, 0.1) is 4.92 Å². The summed E-state index contributed by atoms with van der Waals surface area (Å²) in [5.41, 5.74) is 7.14. The van der Waals surface area contributed by atoms with Crippen LogP contribution < -0.4 is 10.6 Å². The van der Waals surface area contributed by atoms with Crippen molar-refractivity contribution in [1.29, 1.82) is 0 Å². The van der Waals surface area contributed by atoms with Gasteiger partial charge < -0.3 is 10.6 Å². The third-order valence-corrected chi connectivity index (χ3v) is 4.97. The number of fused-ring (bicyclic) bond motifs is 2. The lowest BCUT2D eigenvalue weighted by Gasteiger charge is -2.28. The molecule has 2 aliphatic carbocycles. The molecule has 5 nitrogen and oxygen atoms in total. The largest absolute Gasteiger partial charge is 0.398 e. The Labute approximate surface area is 118 Å². The van der Waals surface area contributed by atoms with Crippen LogP contribution in [0.4, 0.5) is 17.1 Å². The summed E-state index contributed by atoms with van der Waals surface area (Å²) in [5.74, 6) is 2.52. The van der Waals surface area contributed by atoms with Crippen LogP contribution >= 0.6 is 0 Å². The van der Waals surface area contributed by atoms with Gasteiger partial charge in [-0.15, -0.1) is 0 Å². The van der Waals surface area contributed by atoms with Gasteiger partial charge >= 0.3 is 0 Å². The van der Waals surface area contributed by atoms with Crippen LogP contribution in [0.15, 0.2) is 18.2 Å². The number of non-ortho nitro benzene ring substituents is 1. The summed E-state index contributed by atoms with van der Waals surface area (Å²) in [6.45, 7) is 0.974. The van der Waals surface area contributed by atoms with E-state index < -0.39 is 0 Å². The summed E-state index contributed by atoms with van der Waals surface area (Å²) < 4.78 is 0. The number of nitro benzene ring substituents is 1. The monoisotopic (exact) mass is 275 g/mol. The SMILES string of the molecule is CN(CC1CC2CCC1C2)c1cc(N)cc([N+](=O)[O-])c1. The van der Waals surface area contributed by atoms with Crippen molar-refractivity contribution in [2.45, 2.75) is 25.7 Å². The number of hydrogen-bond donors (Lipinski definition) is 1. The van der Waals surface area contributed by atoms with Crippen LogP contribution in [0.5, 0.6) is 0 Å². The predicted octanol–water partition coefficient (Wildman–Crippen LogP) is 3.05. The zero-order chi connectivity index (χ0) is 14.3. The summed E-state index contributed by atoms with van der Waals surface area (Å²) in [7, 11) is 2.00. The number of hydrogen-bond acceptors (Lipinski definition) is 4. The maximum absolute atomic E-state index is 10.9. The Hall–Kier alpha value is -1.78. The molecule has 0 saturated heterocycles. The Bertz CT molecular complexity index is 532. The van der Waals surface area contributed by atoms with E-state index in [2.05, 4.69) is 4.90 Å². The van der Waals surface area contributed by atoms with Crippen LogP contribution in [0.2, 0.25) is 0 Å². The second-order valence-corrected chi connectivity index (χ2v) is 6.36. The van der Waals surface area contributed by atoms with E-state index in [0.29, 0.717) is 5.69 Å². The van der Waals surface area contributed by atoms with Crippen LogP contribution in [-0.4, -0.2) is 18.5 Å². The topological polar surface area (TPSA) is 72.4 Å². The fraction of sp³-hybridized carbons (Fsp3) is 0.600. The average Bonchev–Trinajstić information content (AvgIpc) is 3.00. The molecule has 0 amide bonds. The molecular weight excluding hydrogens is 254 g/mol. The molecule has 3 atom stereocenters. The number of anilines is 2. The molecule has 2 N–H and O–H groups in total. The molecule has 5 heteroatoms. The predicted molar refractivity (Wildman–Crippen MR) is 79.7 cm³/mol. The maximum Gasteiger partial charge on any atom is 0.273 e. The standard InChI is InChI=1S/C15H21N3O2/c1-17(9-12-5-10-2-3-11(12)4-10)14-6-13(16)7-15(8-14)18(19)20/h6-8,10-12H,2-5,9,16H2,1H3. The van der Waals surface area contributed by atoms with E-state index >= 15 is 0 Å². The molecule has 1 aromatic rings. The molecule has 2 saturated carbocycles. The first kappa shape index (κ1) is 13.2. The molecule has 1 aromatic carbocycles. The molecule has 0 radical (unpaired) electrons. The van der Waals surface area contributed by atoms with E-state index in [4.69, 9.17) is 5.73 Å². The van der Waals surface area contributed by atoms with Crippen molar-refractivity contribution >= 4 is 17.1 Å². The highest BCUT2D eigenvalue weighted by molar-refractivity contribution is 5.62. The molecule has 2 bridgehead atoms. The van der Waals surface area contributed by atoms with Gasteiger partial charge in [0, 0.05) is 37.1 Å². The molecule has 0 spiro atoms. The number of nitrogens with zero attached hydrogens (tertiary/aromatic N) is 2. The normalized spacial score (nSPS) is 27.8. The number of nitrogens with two attached hydrogens (primary N) is 1. The fourth-order valence-corrected chi connectivity index (χ4v) is 4.00. The molecule has 0 heterocycles. The highest BCUT2D eigenvalue weighted by Gasteiger charge is 2.39. The van der Waals surface area contributed by atoms with Crippen molar-refractivity contribution in [2.24, 2.45) is 17.8 Å². The average molecular weight is 275 g/mol. The van der Waals surface area contributed by atoms with Gasteiger partial charge in [-0.3, -0.25) is 10.1 Å². The van der Waals surface area contributed by atoms with Crippen molar-refractivity contribution in [3.8, 4) is 0 Å². The van der Waals surface area contributed by atoms with Gasteiger partial charge in [0.1, 0.15) is 0 Å². The Morgan fingerprint density at radius 1 is 1.35 bits per heavy atom. The van der Waals surface area contributed by atoms with Gasteiger partial charge in [-0.2, -0.15) is 0 Å². The highest BCUT2D eigenvalue weighted by Crippen LogP contribution is 2.48. The zero-order valence-electron chi connectivity index (χ0n) is 11.8. The van der Waals surface area contributed by atoms with Gasteiger partial charge in [0.25, 0.3) is 5.69 Å². The lowest BCUT2D eigenvalue weighted by Crippen LogP contribution is -2.28. The van der Waals surface area contributed by atoms with E-state index in [0.717, 1.165) is 30.0 Å². The summed E-state index contributed by atoms with van der Waals surface area (Å²) in [5, 5.41) is 10.9. The summed E-state index contributed by atoms with van der Waals surface area (Å²) in [4.78, 5) is 12.6. The quantitative estimate of drug-likeness (QED) is 0.521. The summed E-state index contributed by atoms with van der Waals surface area (Å²) in [6, 6.07) is 4.85. The first-order valence-electron chi connectivity index (χ1n) is 7.29. The lowest BCUT2D eigenvalue weighted by molar-refractivity contribution is -0.384.